The van der Waals surface area contributed by atoms with Crippen LogP contribution < -0.4 is 5.32 Å². The van der Waals surface area contributed by atoms with Gasteiger partial charge in [-0.15, -0.1) is 10.2 Å². The summed E-state index contributed by atoms with van der Waals surface area (Å²) in [4.78, 5) is 14.5. The van der Waals surface area contributed by atoms with E-state index >= 15 is 0 Å². The number of carbonyl (C=O) groups excluding carboxylic acids is 1. The molecule has 6 nitrogen and oxygen atoms in total. The van der Waals surface area contributed by atoms with Crippen LogP contribution in [0.3, 0.4) is 0 Å². The average Bonchev–Trinajstić information content (AvgIpc) is 3.11. The molecule has 0 saturated carbocycles. The Morgan fingerprint density at radius 2 is 1.92 bits per heavy atom. The summed E-state index contributed by atoms with van der Waals surface area (Å²) >= 11 is 0. The molecule has 1 fully saturated rings. The molecule has 0 spiro atoms. The highest BCUT2D eigenvalue weighted by Crippen LogP contribution is 2.23. The van der Waals surface area contributed by atoms with Gasteiger partial charge in [0.25, 0.3) is 0 Å². The fourth-order valence-corrected chi connectivity index (χ4v) is 3.83. The molecule has 1 saturated heterocycles. The molecule has 1 N–H and O–H groups in total. The van der Waals surface area contributed by atoms with Crippen LogP contribution in [0.15, 0.2) is 30.3 Å². The molecule has 3 heterocycles. The van der Waals surface area contributed by atoms with Gasteiger partial charge in [-0.05, 0) is 38.3 Å². The first kappa shape index (κ1) is 16.3. The quantitative estimate of drug-likeness (QED) is 0.926. The van der Waals surface area contributed by atoms with E-state index in [1.807, 2.05) is 35.2 Å². The van der Waals surface area contributed by atoms with Crippen LogP contribution in [-0.4, -0.2) is 45.2 Å². The van der Waals surface area contributed by atoms with Gasteiger partial charge in [0.1, 0.15) is 0 Å². The van der Waals surface area contributed by atoms with Crippen molar-refractivity contribution in [3.63, 3.8) is 0 Å². The maximum atomic E-state index is 12.6. The minimum Gasteiger partial charge on any atom is -0.333 e. The highest BCUT2D eigenvalue weighted by molar-refractivity contribution is 5.76. The monoisotopic (exact) mass is 339 g/mol. The Labute approximate surface area is 148 Å². The van der Waals surface area contributed by atoms with Crippen molar-refractivity contribution in [2.24, 2.45) is 5.92 Å². The van der Waals surface area contributed by atoms with Crippen molar-refractivity contribution < 1.29 is 4.79 Å². The molecule has 1 amide bonds. The van der Waals surface area contributed by atoms with Crippen molar-refractivity contribution in [1.29, 1.82) is 0 Å². The van der Waals surface area contributed by atoms with Crippen LogP contribution in [0.5, 0.6) is 0 Å². The van der Waals surface area contributed by atoms with Crippen LogP contribution in [0.2, 0.25) is 0 Å². The van der Waals surface area contributed by atoms with Gasteiger partial charge in [-0.3, -0.25) is 4.79 Å². The van der Waals surface area contributed by atoms with Crippen molar-refractivity contribution >= 4 is 5.91 Å². The van der Waals surface area contributed by atoms with Gasteiger partial charge in [0.05, 0.1) is 6.54 Å². The first-order valence-corrected chi connectivity index (χ1v) is 9.27. The lowest BCUT2D eigenvalue weighted by Gasteiger charge is -2.29. The Morgan fingerprint density at radius 3 is 2.72 bits per heavy atom. The fourth-order valence-electron chi connectivity index (χ4n) is 3.83. The van der Waals surface area contributed by atoms with E-state index in [1.165, 1.54) is 12.8 Å². The normalized spacial score (nSPS) is 18.2. The highest BCUT2D eigenvalue weighted by atomic mass is 16.2. The Morgan fingerprint density at radius 1 is 1.12 bits per heavy atom. The molecule has 25 heavy (non-hydrogen) atoms. The summed E-state index contributed by atoms with van der Waals surface area (Å²) in [6.45, 7) is 4.27. The largest absolute Gasteiger partial charge is 0.333 e. The third-order valence-corrected chi connectivity index (χ3v) is 5.36. The summed E-state index contributed by atoms with van der Waals surface area (Å²) in [7, 11) is 0. The Hall–Kier alpha value is -2.21. The van der Waals surface area contributed by atoms with E-state index < -0.39 is 0 Å². The smallest absolute Gasteiger partial charge is 0.223 e. The van der Waals surface area contributed by atoms with Gasteiger partial charge in [0, 0.05) is 25.1 Å². The number of benzene rings is 1. The lowest BCUT2D eigenvalue weighted by atomic mass is 9.93. The van der Waals surface area contributed by atoms with Crippen LogP contribution >= 0.6 is 0 Å². The van der Waals surface area contributed by atoms with E-state index in [4.69, 9.17) is 0 Å². The molecule has 2 aliphatic heterocycles. The molecular formula is C19H25N5O. The number of rotatable bonds is 4. The molecule has 0 radical (unpaired) electrons. The molecule has 4 rings (SSSR count). The van der Waals surface area contributed by atoms with E-state index in [0.717, 1.165) is 49.8 Å². The first-order valence-electron chi connectivity index (χ1n) is 9.27. The number of piperidine rings is 1. The Bertz CT molecular complexity index is 721. The zero-order chi connectivity index (χ0) is 17.1. The van der Waals surface area contributed by atoms with Crippen LogP contribution in [0, 0.1) is 5.92 Å². The molecule has 6 heteroatoms. The number of nitrogens with one attached hydrogen (secondary N) is 1. The third kappa shape index (κ3) is 3.58. The van der Waals surface area contributed by atoms with E-state index in [9.17, 15) is 4.79 Å². The minimum absolute atomic E-state index is 0.258. The van der Waals surface area contributed by atoms with E-state index in [1.54, 1.807) is 0 Å². The number of fused-ring (bicyclic) bond motifs is 1. The van der Waals surface area contributed by atoms with Gasteiger partial charge >= 0.3 is 0 Å². The molecule has 1 aromatic carbocycles. The second-order valence-electron chi connectivity index (χ2n) is 7.00. The summed E-state index contributed by atoms with van der Waals surface area (Å²) in [5, 5.41) is 12.1. The molecule has 2 aromatic rings. The van der Waals surface area contributed by atoms with Gasteiger partial charge in [0.15, 0.2) is 11.6 Å². The predicted octanol–water partition coefficient (Wildman–Crippen LogP) is 2.07. The van der Waals surface area contributed by atoms with E-state index in [-0.39, 0.29) is 5.91 Å². The van der Waals surface area contributed by atoms with E-state index in [2.05, 4.69) is 20.1 Å². The zero-order valence-electron chi connectivity index (χ0n) is 14.5. The molecule has 0 aliphatic carbocycles. The number of carbonyl (C=O) groups is 1. The second-order valence-corrected chi connectivity index (χ2v) is 7.00. The molecule has 132 valence electrons. The third-order valence-electron chi connectivity index (χ3n) is 5.36. The standard InChI is InChI=1S/C19H25N5O/c25-18(7-6-15-8-10-20-11-9-15)23-12-13-24-17(14-23)21-22-19(24)16-4-2-1-3-5-16/h1-5,15,20H,6-14H2. The van der Waals surface area contributed by atoms with Crippen LogP contribution in [-0.2, 0) is 17.9 Å². The lowest BCUT2D eigenvalue weighted by Crippen LogP contribution is -2.39. The van der Waals surface area contributed by atoms with Gasteiger partial charge in [0.2, 0.25) is 5.91 Å². The summed E-state index contributed by atoms with van der Waals surface area (Å²) in [5.41, 5.74) is 1.08. The van der Waals surface area contributed by atoms with Crippen molar-refractivity contribution in [3.05, 3.63) is 36.2 Å². The summed E-state index contributed by atoms with van der Waals surface area (Å²) in [6, 6.07) is 10.1. The van der Waals surface area contributed by atoms with E-state index in [0.29, 0.717) is 18.9 Å². The van der Waals surface area contributed by atoms with Crippen molar-refractivity contribution in [2.45, 2.75) is 38.8 Å². The Balaban J connectivity index is 1.38. The molecular weight excluding hydrogens is 314 g/mol. The minimum atomic E-state index is 0.258. The molecule has 0 unspecified atom stereocenters. The number of hydrogen-bond donors (Lipinski definition) is 1. The maximum absolute atomic E-state index is 12.6. The summed E-state index contributed by atoms with van der Waals surface area (Å²) in [5.74, 6) is 2.75. The predicted molar refractivity (Wildman–Crippen MR) is 95.7 cm³/mol. The van der Waals surface area contributed by atoms with Gasteiger partial charge < -0.3 is 14.8 Å². The number of aromatic nitrogens is 3. The van der Waals surface area contributed by atoms with Crippen molar-refractivity contribution in [3.8, 4) is 11.4 Å². The number of nitrogens with zero attached hydrogens (tertiary/aromatic N) is 4. The number of amides is 1. The fraction of sp³-hybridized carbons (Fsp3) is 0.526. The second kappa shape index (κ2) is 7.35. The molecule has 2 aliphatic rings. The molecule has 1 aromatic heterocycles. The lowest BCUT2D eigenvalue weighted by molar-refractivity contribution is -0.133. The first-order chi connectivity index (χ1) is 12.3. The van der Waals surface area contributed by atoms with Crippen LogP contribution in [0.25, 0.3) is 11.4 Å². The zero-order valence-corrected chi connectivity index (χ0v) is 14.5. The van der Waals surface area contributed by atoms with Crippen molar-refractivity contribution in [2.75, 3.05) is 19.6 Å². The molecule has 0 bridgehead atoms. The van der Waals surface area contributed by atoms with Gasteiger partial charge in [-0.25, -0.2) is 0 Å². The summed E-state index contributed by atoms with van der Waals surface area (Å²) < 4.78 is 2.14. The van der Waals surface area contributed by atoms with Crippen molar-refractivity contribution in [1.82, 2.24) is 25.0 Å². The maximum Gasteiger partial charge on any atom is 0.223 e. The number of hydrogen-bond acceptors (Lipinski definition) is 4. The van der Waals surface area contributed by atoms with Crippen LogP contribution in [0.4, 0.5) is 0 Å². The topological polar surface area (TPSA) is 63.1 Å². The van der Waals surface area contributed by atoms with Gasteiger partial charge in [-0.1, -0.05) is 30.3 Å². The summed E-state index contributed by atoms with van der Waals surface area (Å²) in [6.07, 6.45) is 4.06. The van der Waals surface area contributed by atoms with Gasteiger partial charge in [-0.2, -0.15) is 0 Å². The molecule has 0 atom stereocenters. The highest BCUT2D eigenvalue weighted by Gasteiger charge is 2.25. The SMILES string of the molecule is O=C(CCC1CCNCC1)N1CCn2c(nnc2-c2ccccc2)C1. The Kier molecular flexibility index (Phi) is 4.78. The van der Waals surface area contributed by atoms with Crippen LogP contribution in [0.1, 0.15) is 31.5 Å². The average molecular weight is 339 g/mol.